The molecule has 0 aliphatic carbocycles. The van der Waals surface area contributed by atoms with E-state index in [0.717, 1.165) is 17.3 Å². The predicted molar refractivity (Wildman–Crippen MR) is 69.6 cm³/mol. The van der Waals surface area contributed by atoms with E-state index in [1.54, 1.807) is 0 Å². The molecule has 2 atom stereocenters. The van der Waals surface area contributed by atoms with Gasteiger partial charge >= 0.3 is 0 Å². The van der Waals surface area contributed by atoms with Gasteiger partial charge in [0.25, 0.3) is 0 Å². The molecular weight excluding hydrogens is 202 g/mol. The Morgan fingerprint density at radius 2 is 1.87 bits per heavy atom. The summed E-state index contributed by atoms with van der Waals surface area (Å²) in [7, 11) is 0. The first-order chi connectivity index (χ1) is 7.38. The molecule has 0 amide bonds. The minimum atomic E-state index is 0.862. The summed E-state index contributed by atoms with van der Waals surface area (Å²) in [6.07, 6.45) is 11.4. The molecule has 0 aromatic rings. The lowest BCUT2D eigenvalue weighted by Gasteiger charge is -2.40. The monoisotopic (exact) mass is 227 g/mol. The molecule has 2 aliphatic heterocycles. The van der Waals surface area contributed by atoms with E-state index < -0.39 is 0 Å². The van der Waals surface area contributed by atoms with Gasteiger partial charge in [-0.1, -0.05) is 26.2 Å². The summed E-state index contributed by atoms with van der Waals surface area (Å²) in [6, 6.07) is 1.72. The second-order valence-corrected chi connectivity index (χ2v) is 6.57. The number of piperidine rings is 2. The van der Waals surface area contributed by atoms with Crippen molar-refractivity contribution in [3.8, 4) is 0 Å². The summed E-state index contributed by atoms with van der Waals surface area (Å²) in [5, 5.41) is 4.74. The molecule has 15 heavy (non-hydrogen) atoms. The summed E-state index contributed by atoms with van der Waals surface area (Å²) in [5.74, 6) is 1.40. The molecule has 2 bridgehead atoms. The lowest BCUT2D eigenvalue weighted by molar-refractivity contribution is 0.249. The van der Waals surface area contributed by atoms with Crippen LogP contribution in [0, 0.1) is 0 Å². The Morgan fingerprint density at radius 1 is 1.13 bits per heavy atom. The molecule has 2 rings (SSSR count). The van der Waals surface area contributed by atoms with Crippen LogP contribution < -0.4 is 5.32 Å². The molecule has 88 valence electrons. The van der Waals surface area contributed by atoms with Crippen molar-refractivity contribution in [2.75, 3.05) is 5.75 Å². The van der Waals surface area contributed by atoms with Gasteiger partial charge in [-0.15, -0.1) is 0 Å². The van der Waals surface area contributed by atoms with Crippen molar-refractivity contribution < 1.29 is 0 Å². The molecule has 2 fully saturated rings. The van der Waals surface area contributed by atoms with Crippen LogP contribution in [0.4, 0.5) is 0 Å². The fourth-order valence-corrected chi connectivity index (χ4v) is 4.39. The van der Waals surface area contributed by atoms with Crippen LogP contribution >= 0.6 is 11.8 Å². The standard InChI is InChI=1S/C13H25NS/c1-2-3-4-8-15-13-9-11-6-5-7-12(10-13)14-11/h11-14H,2-10H2,1H3. The molecule has 2 unspecified atom stereocenters. The third kappa shape index (κ3) is 3.67. The molecule has 0 radical (unpaired) electrons. The smallest absolute Gasteiger partial charge is 0.00802 e. The number of rotatable bonds is 5. The minimum Gasteiger partial charge on any atom is -0.311 e. The van der Waals surface area contributed by atoms with Gasteiger partial charge in [0.05, 0.1) is 0 Å². The minimum absolute atomic E-state index is 0.862. The maximum absolute atomic E-state index is 3.77. The summed E-state index contributed by atoms with van der Waals surface area (Å²) < 4.78 is 0. The first-order valence-electron chi connectivity index (χ1n) is 6.76. The van der Waals surface area contributed by atoms with E-state index in [4.69, 9.17) is 0 Å². The Kier molecular flexibility index (Phi) is 4.83. The number of hydrogen-bond acceptors (Lipinski definition) is 2. The number of nitrogens with one attached hydrogen (secondary N) is 1. The van der Waals surface area contributed by atoms with E-state index in [2.05, 4.69) is 24.0 Å². The van der Waals surface area contributed by atoms with Crippen LogP contribution in [0.25, 0.3) is 0 Å². The van der Waals surface area contributed by atoms with Gasteiger partial charge in [-0.25, -0.2) is 0 Å². The van der Waals surface area contributed by atoms with Gasteiger partial charge in [0.1, 0.15) is 0 Å². The fourth-order valence-electron chi connectivity index (χ4n) is 2.95. The van der Waals surface area contributed by atoms with Crippen molar-refractivity contribution >= 4 is 11.8 Å². The summed E-state index contributed by atoms with van der Waals surface area (Å²) in [4.78, 5) is 0. The van der Waals surface area contributed by atoms with E-state index in [0.29, 0.717) is 0 Å². The normalized spacial score (nSPS) is 35.4. The average molecular weight is 227 g/mol. The van der Waals surface area contributed by atoms with Crippen molar-refractivity contribution in [2.24, 2.45) is 0 Å². The van der Waals surface area contributed by atoms with Gasteiger partial charge in [0, 0.05) is 17.3 Å². The van der Waals surface area contributed by atoms with Crippen LogP contribution in [0.2, 0.25) is 0 Å². The van der Waals surface area contributed by atoms with Gasteiger partial charge in [-0.3, -0.25) is 0 Å². The third-order valence-corrected chi connectivity index (χ3v) is 5.15. The Hall–Kier alpha value is 0.310. The molecule has 0 aromatic heterocycles. The Bertz CT molecular complexity index is 171. The maximum atomic E-state index is 3.77. The van der Waals surface area contributed by atoms with Crippen LogP contribution in [0.5, 0.6) is 0 Å². The molecule has 2 aliphatic rings. The average Bonchev–Trinajstić information content (AvgIpc) is 2.24. The zero-order valence-electron chi connectivity index (χ0n) is 10.0. The quantitative estimate of drug-likeness (QED) is 0.721. The van der Waals surface area contributed by atoms with E-state index in [1.165, 1.54) is 57.1 Å². The molecular formula is C13H25NS. The topological polar surface area (TPSA) is 12.0 Å². The fraction of sp³-hybridized carbons (Fsp3) is 1.00. The second kappa shape index (κ2) is 6.15. The highest BCUT2D eigenvalue weighted by atomic mass is 32.2. The van der Waals surface area contributed by atoms with Gasteiger partial charge in [-0.05, 0) is 37.9 Å². The first kappa shape index (κ1) is 11.8. The van der Waals surface area contributed by atoms with Crippen molar-refractivity contribution in [3.05, 3.63) is 0 Å². The highest BCUT2D eigenvalue weighted by molar-refractivity contribution is 7.99. The van der Waals surface area contributed by atoms with Crippen molar-refractivity contribution in [3.63, 3.8) is 0 Å². The van der Waals surface area contributed by atoms with Gasteiger partial charge in [0.2, 0.25) is 0 Å². The van der Waals surface area contributed by atoms with Crippen LogP contribution in [0.15, 0.2) is 0 Å². The third-order valence-electron chi connectivity index (χ3n) is 3.77. The highest BCUT2D eigenvalue weighted by Gasteiger charge is 2.30. The summed E-state index contributed by atoms with van der Waals surface area (Å²) in [5.41, 5.74) is 0. The van der Waals surface area contributed by atoms with Gasteiger partial charge in [-0.2, -0.15) is 11.8 Å². The first-order valence-corrected chi connectivity index (χ1v) is 7.81. The molecule has 2 heteroatoms. The zero-order valence-corrected chi connectivity index (χ0v) is 10.8. The maximum Gasteiger partial charge on any atom is 0.00802 e. The van der Waals surface area contributed by atoms with E-state index in [1.807, 2.05) is 0 Å². The zero-order chi connectivity index (χ0) is 10.5. The number of fused-ring (bicyclic) bond motifs is 2. The van der Waals surface area contributed by atoms with Gasteiger partial charge < -0.3 is 5.32 Å². The molecule has 0 aromatic carbocycles. The molecule has 2 saturated heterocycles. The molecule has 1 nitrogen and oxygen atoms in total. The lowest BCUT2D eigenvalue weighted by Crippen LogP contribution is -2.49. The SMILES string of the molecule is CCCCCSC1CC2CCCC(C1)N2. The van der Waals surface area contributed by atoms with E-state index in [9.17, 15) is 0 Å². The molecule has 0 spiro atoms. The number of thioether (sulfide) groups is 1. The lowest BCUT2D eigenvalue weighted by atomic mass is 9.87. The number of unbranched alkanes of at least 4 members (excludes halogenated alkanes) is 2. The molecule has 2 heterocycles. The molecule has 1 N–H and O–H groups in total. The van der Waals surface area contributed by atoms with E-state index >= 15 is 0 Å². The van der Waals surface area contributed by atoms with Crippen molar-refractivity contribution in [1.82, 2.24) is 5.32 Å². The Labute approximate surface area is 98.8 Å². The predicted octanol–water partition coefficient (Wildman–Crippen LogP) is 3.58. The van der Waals surface area contributed by atoms with Gasteiger partial charge in [0.15, 0.2) is 0 Å². The van der Waals surface area contributed by atoms with Crippen molar-refractivity contribution in [2.45, 2.75) is 75.6 Å². The molecule has 0 saturated carbocycles. The summed E-state index contributed by atoms with van der Waals surface area (Å²) >= 11 is 2.25. The number of hydrogen-bond donors (Lipinski definition) is 1. The highest BCUT2D eigenvalue weighted by Crippen LogP contribution is 2.32. The van der Waals surface area contributed by atoms with E-state index in [-0.39, 0.29) is 0 Å². The Balaban J connectivity index is 1.65. The van der Waals surface area contributed by atoms with Crippen LogP contribution in [-0.4, -0.2) is 23.1 Å². The van der Waals surface area contributed by atoms with Crippen LogP contribution in [0.1, 0.15) is 58.3 Å². The largest absolute Gasteiger partial charge is 0.311 e. The second-order valence-electron chi connectivity index (χ2n) is 5.16. The van der Waals surface area contributed by atoms with Crippen molar-refractivity contribution in [1.29, 1.82) is 0 Å². The van der Waals surface area contributed by atoms with Crippen LogP contribution in [0.3, 0.4) is 0 Å². The van der Waals surface area contributed by atoms with Crippen LogP contribution in [-0.2, 0) is 0 Å². The summed E-state index contributed by atoms with van der Waals surface area (Å²) in [6.45, 7) is 2.29. The Morgan fingerprint density at radius 3 is 2.53 bits per heavy atom.